The second-order valence-electron chi connectivity index (χ2n) is 2.93. The Balaban J connectivity index is 2.47. The minimum atomic E-state index is -0.0161. The molecule has 3 heteroatoms. The molecular formula is C11H13NOS. The SMILES string of the molecule is CC(=O)NCC=Cc1cccc(S)c1. The van der Waals surface area contributed by atoms with Crippen LogP contribution < -0.4 is 5.32 Å². The summed E-state index contributed by atoms with van der Waals surface area (Å²) in [6.45, 7) is 2.06. The Kier molecular flexibility index (Phi) is 4.26. The molecule has 0 aliphatic heterocycles. The number of rotatable bonds is 3. The summed E-state index contributed by atoms with van der Waals surface area (Å²) in [5.74, 6) is -0.0161. The van der Waals surface area contributed by atoms with Crippen LogP contribution in [-0.2, 0) is 4.79 Å². The predicted octanol–water partition coefficient (Wildman–Crippen LogP) is 2.12. The van der Waals surface area contributed by atoms with Gasteiger partial charge in [0.2, 0.25) is 5.91 Å². The van der Waals surface area contributed by atoms with Crippen LogP contribution in [0.2, 0.25) is 0 Å². The summed E-state index contributed by atoms with van der Waals surface area (Å²) in [7, 11) is 0. The molecule has 1 amide bonds. The summed E-state index contributed by atoms with van der Waals surface area (Å²) in [4.78, 5) is 11.5. The summed E-state index contributed by atoms with van der Waals surface area (Å²) in [5, 5.41) is 2.69. The van der Waals surface area contributed by atoms with Gasteiger partial charge >= 0.3 is 0 Å². The first-order valence-corrected chi connectivity index (χ1v) is 4.83. The van der Waals surface area contributed by atoms with Gasteiger partial charge in [-0.1, -0.05) is 24.3 Å². The normalized spacial score (nSPS) is 10.4. The van der Waals surface area contributed by atoms with Crippen molar-refractivity contribution < 1.29 is 4.79 Å². The van der Waals surface area contributed by atoms with Crippen molar-refractivity contribution in [2.45, 2.75) is 11.8 Å². The van der Waals surface area contributed by atoms with Gasteiger partial charge in [-0.3, -0.25) is 4.79 Å². The highest BCUT2D eigenvalue weighted by molar-refractivity contribution is 7.80. The summed E-state index contributed by atoms with van der Waals surface area (Å²) in [6, 6.07) is 7.83. The van der Waals surface area contributed by atoms with Gasteiger partial charge in [0.15, 0.2) is 0 Å². The van der Waals surface area contributed by atoms with Crippen LogP contribution in [-0.4, -0.2) is 12.5 Å². The molecule has 0 radical (unpaired) electrons. The van der Waals surface area contributed by atoms with E-state index >= 15 is 0 Å². The second kappa shape index (κ2) is 5.50. The largest absolute Gasteiger partial charge is 0.353 e. The average Bonchev–Trinajstić information content (AvgIpc) is 2.12. The first-order chi connectivity index (χ1) is 6.68. The number of thiol groups is 1. The minimum Gasteiger partial charge on any atom is -0.353 e. The third-order valence-corrected chi connectivity index (χ3v) is 1.93. The number of hydrogen-bond donors (Lipinski definition) is 2. The molecule has 0 unspecified atom stereocenters. The van der Waals surface area contributed by atoms with Crippen LogP contribution in [0.15, 0.2) is 35.2 Å². The molecule has 0 saturated heterocycles. The molecule has 0 fully saturated rings. The van der Waals surface area contributed by atoms with E-state index in [1.54, 1.807) is 0 Å². The predicted molar refractivity (Wildman–Crippen MR) is 61.4 cm³/mol. The van der Waals surface area contributed by atoms with Gasteiger partial charge in [-0.25, -0.2) is 0 Å². The monoisotopic (exact) mass is 207 g/mol. The first-order valence-electron chi connectivity index (χ1n) is 4.38. The Labute approximate surface area is 89.4 Å². The van der Waals surface area contributed by atoms with Crippen LogP contribution in [0.5, 0.6) is 0 Å². The van der Waals surface area contributed by atoms with Gasteiger partial charge in [0.1, 0.15) is 0 Å². The number of carbonyl (C=O) groups excluding carboxylic acids is 1. The quantitative estimate of drug-likeness (QED) is 0.730. The zero-order chi connectivity index (χ0) is 10.4. The van der Waals surface area contributed by atoms with E-state index in [9.17, 15) is 4.79 Å². The summed E-state index contributed by atoms with van der Waals surface area (Å²) in [5.41, 5.74) is 1.09. The lowest BCUT2D eigenvalue weighted by molar-refractivity contribution is -0.118. The molecule has 1 N–H and O–H groups in total. The number of carbonyl (C=O) groups is 1. The Bertz CT molecular complexity index is 347. The average molecular weight is 207 g/mol. The Morgan fingerprint density at radius 2 is 2.36 bits per heavy atom. The lowest BCUT2D eigenvalue weighted by Gasteiger charge is -1.96. The highest BCUT2D eigenvalue weighted by Gasteiger charge is 1.88. The van der Waals surface area contributed by atoms with E-state index in [0.717, 1.165) is 10.5 Å². The van der Waals surface area contributed by atoms with E-state index in [-0.39, 0.29) is 5.91 Å². The van der Waals surface area contributed by atoms with Gasteiger partial charge in [-0.15, -0.1) is 12.6 Å². The fraction of sp³-hybridized carbons (Fsp3) is 0.182. The standard InChI is InChI=1S/C11H13NOS/c1-9(13)12-7-3-5-10-4-2-6-11(14)8-10/h2-6,8,14H,7H2,1H3,(H,12,13). The van der Waals surface area contributed by atoms with Crippen molar-refractivity contribution in [2.24, 2.45) is 0 Å². The Morgan fingerprint density at radius 3 is 3.00 bits per heavy atom. The molecule has 74 valence electrons. The summed E-state index contributed by atoms with van der Waals surface area (Å²) >= 11 is 4.23. The zero-order valence-electron chi connectivity index (χ0n) is 8.03. The molecule has 1 aromatic carbocycles. The molecule has 14 heavy (non-hydrogen) atoms. The second-order valence-corrected chi connectivity index (χ2v) is 3.45. The topological polar surface area (TPSA) is 29.1 Å². The van der Waals surface area contributed by atoms with Crippen molar-refractivity contribution in [1.82, 2.24) is 5.32 Å². The van der Waals surface area contributed by atoms with Crippen molar-refractivity contribution in [3.05, 3.63) is 35.9 Å². The van der Waals surface area contributed by atoms with Gasteiger partial charge in [-0.2, -0.15) is 0 Å². The lowest BCUT2D eigenvalue weighted by Crippen LogP contribution is -2.19. The van der Waals surface area contributed by atoms with Gasteiger partial charge < -0.3 is 5.32 Å². The summed E-state index contributed by atoms with van der Waals surface area (Å²) < 4.78 is 0. The van der Waals surface area contributed by atoms with E-state index in [4.69, 9.17) is 0 Å². The van der Waals surface area contributed by atoms with Crippen molar-refractivity contribution >= 4 is 24.6 Å². The number of benzene rings is 1. The van der Waals surface area contributed by atoms with Crippen molar-refractivity contribution in [3.8, 4) is 0 Å². The van der Waals surface area contributed by atoms with Crippen LogP contribution in [0.4, 0.5) is 0 Å². The maximum Gasteiger partial charge on any atom is 0.217 e. The molecule has 0 saturated carbocycles. The first kappa shape index (κ1) is 10.9. The fourth-order valence-electron chi connectivity index (χ4n) is 1.03. The van der Waals surface area contributed by atoms with Crippen LogP contribution in [0.1, 0.15) is 12.5 Å². The highest BCUT2D eigenvalue weighted by Crippen LogP contribution is 2.09. The fourth-order valence-corrected chi connectivity index (χ4v) is 1.26. The van der Waals surface area contributed by atoms with Crippen LogP contribution in [0, 0.1) is 0 Å². The molecule has 2 nitrogen and oxygen atoms in total. The van der Waals surface area contributed by atoms with E-state index in [0.29, 0.717) is 6.54 Å². The molecule has 0 heterocycles. The van der Waals surface area contributed by atoms with E-state index < -0.39 is 0 Å². The molecule has 0 aliphatic rings. The molecule has 0 spiro atoms. The van der Waals surface area contributed by atoms with Gasteiger partial charge in [0.05, 0.1) is 0 Å². The minimum absolute atomic E-state index is 0.0161. The maximum atomic E-state index is 10.6. The van der Waals surface area contributed by atoms with E-state index in [1.807, 2.05) is 36.4 Å². The molecular weight excluding hydrogens is 194 g/mol. The van der Waals surface area contributed by atoms with Crippen molar-refractivity contribution in [3.63, 3.8) is 0 Å². The molecule has 0 atom stereocenters. The zero-order valence-corrected chi connectivity index (χ0v) is 8.92. The Hall–Kier alpha value is -1.22. The number of hydrogen-bond acceptors (Lipinski definition) is 2. The smallest absolute Gasteiger partial charge is 0.217 e. The number of nitrogens with one attached hydrogen (secondary N) is 1. The molecule has 1 aromatic rings. The van der Waals surface area contributed by atoms with Gasteiger partial charge in [0.25, 0.3) is 0 Å². The van der Waals surface area contributed by atoms with Crippen molar-refractivity contribution in [2.75, 3.05) is 6.54 Å². The van der Waals surface area contributed by atoms with Crippen molar-refractivity contribution in [1.29, 1.82) is 0 Å². The lowest BCUT2D eigenvalue weighted by atomic mass is 10.2. The van der Waals surface area contributed by atoms with Gasteiger partial charge in [-0.05, 0) is 17.7 Å². The summed E-state index contributed by atoms with van der Waals surface area (Å²) in [6.07, 6.45) is 3.86. The van der Waals surface area contributed by atoms with Crippen LogP contribution in [0.3, 0.4) is 0 Å². The highest BCUT2D eigenvalue weighted by atomic mass is 32.1. The Morgan fingerprint density at radius 1 is 1.57 bits per heavy atom. The number of amides is 1. The van der Waals surface area contributed by atoms with E-state index in [1.165, 1.54) is 6.92 Å². The molecule has 0 aromatic heterocycles. The molecule has 1 rings (SSSR count). The molecule has 0 aliphatic carbocycles. The third kappa shape index (κ3) is 4.14. The van der Waals surface area contributed by atoms with Crippen LogP contribution >= 0.6 is 12.6 Å². The van der Waals surface area contributed by atoms with Gasteiger partial charge in [0, 0.05) is 18.4 Å². The van der Waals surface area contributed by atoms with Crippen LogP contribution in [0.25, 0.3) is 6.08 Å². The molecule has 0 bridgehead atoms. The van der Waals surface area contributed by atoms with E-state index in [2.05, 4.69) is 17.9 Å². The maximum absolute atomic E-state index is 10.6. The third-order valence-electron chi connectivity index (χ3n) is 1.65.